The second-order valence-electron chi connectivity index (χ2n) is 7.06. The van der Waals surface area contributed by atoms with Crippen LogP contribution in [-0.2, 0) is 0 Å². The number of benzene rings is 2. The maximum absolute atomic E-state index is 13.1. The number of carbonyl (C=O) groups excluding carboxylic acids is 1. The molecule has 3 rings (SSSR count). The monoisotopic (exact) mass is 371 g/mol. The van der Waals surface area contributed by atoms with Crippen molar-refractivity contribution in [1.29, 1.82) is 0 Å². The van der Waals surface area contributed by atoms with E-state index in [0.29, 0.717) is 12.1 Å². The summed E-state index contributed by atoms with van der Waals surface area (Å²) in [5.74, 6) is 1.26. The molecule has 140 valence electrons. The molecule has 1 aliphatic heterocycles. The first-order valence-electron chi connectivity index (χ1n) is 9.31. The smallest absolute Gasteiger partial charge is 0.254 e. The van der Waals surface area contributed by atoms with Gasteiger partial charge < -0.3 is 10.2 Å². The van der Waals surface area contributed by atoms with Crippen LogP contribution in [0.4, 0.5) is 0 Å². The van der Waals surface area contributed by atoms with E-state index in [9.17, 15) is 4.79 Å². The van der Waals surface area contributed by atoms with E-state index in [1.807, 2.05) is 54.0 Å². The minimum atomic E-state index is 0.155. The van der Waals surface area contributed by atoms with Crippen molar-refractivity contribution in [1.82, 2.24) is 15.1 Å². The molecule has 5 heteroatoms. The van der Waals surface area contributed by atoms with Gasteiger partial charge in [-0.1, -0.05) is 36.4 Å². The molecule has 1 amide bonds. The van der Waals surface area contributed by atoms with E-state index in [0.717, 1.165) is 48.3 Å². The first-order chi connectivity index (χ1) is 12.6. The first-order valence-corrected chi connectivity index (χ1v) is 10.7. The van der Waals surface area contributed by atoms with Crippen LogP contribution in [0.25, 0.3) is 10.8 Å². The van der Waals surface area contributed by atoms with Gasteiger partial charge in [0, 0.05) is 49.6 Å². The van der Waals surface area contributed by atoms with E-state index in [1.165, 1.54) is 0 Å². The highest BCUT2D eigenvalue weighted by molar-refractivity contribution is 7.98. The minimum absolute atomic E-state index is 0.155. The molecule has 1 heterocycles. The van der Waals surface area contributed by atoms with Gasteiger partial charge in [0.2, 0.25) is 0 Å². The van der Waals surface area contributed by atoms with Crippen LogP contribution in [0, 0.1) is 0 Å². The lowest BCUT2D eigenvalue weighted by molar-refractivity contribution is 0.0500. The number of thioether (sulfide) groups is 1. The largest absolute Gasteiger partial charge is 0.336 e. The molecule has 0 saturated carbocycles. The standard InChI is InChI=1S/C21H29N3OS/c1-16-13-24(12-11-23(16)14-18(22-2)15-26-3)21(25)20-10-6-8-17-7-4-5-9-19(17)20/h4-10,16,18,22H,11-15H2,1-3H3. The number of nitrogens with zero attached hydrogens (tertiary/aromatic N) is 2. The van der Waals surface area contributed by atoms with Crippen molar-refractivity contribution >= 4 is 28.4 Å². The molecule has 1 aliphatic rings. The van der Waals surface area contributed by atoms with Gasteiger partial charge in [0.25, 0.3) is 5.91 Å². The number of fused-ring (bicyclic) bond motifs is 1. The Morgan fingerprint density at radius 3 is 2.73 bits per heavy atom. The van der Waals surface area contributed by atoms with Crippen molar-refractivity contribution in [2.24, 2.45) is 0 Å². The highest BCUT2D eigenvalue weighted by Gasteiger charge is 2.29. The molecule has 26 heavy (non-hydrogen) atoms. The van der Waals surface area contributed by atoms with Crippen molar-refractivity contribution < 1.29 is 4.79 Å². The Morgan fingerprint density at radius 1 is 1.23 bits per heavy atom. The molecular formula is C21H29N3OS. The fraction of sp³-hybridized carbons (Fsp3) is 0.476. The van der Waals surface area contributed by atoms with E-state index in [2.05, 4.69) is 35.5 Å². The lowest BCUT2D eigenvalue weighted by atomic mass is 10.0. The van der Waals surface area contributed by atoms with Crippen LogP contribution in [0.3, 0.4) is 0 Å². The summed E-state index contributed by atoms with van der Waals surface area (Å²) in [6, 6.07) is 15.0. The zero-order valence-electron chi connectivity index (χ0n) is 15.9. The molecule has 0 spiro atoms. The van der Waals surface area contributed by atoms with Gasteiger partial charge in [0.05, 0.1) is 0 Å². The normalized spacial score (nSPS) is 19.7. The quantitative estimate of drug-likeness (QED) is 0.847. The first kappa shape index (κ1) is 19.2. The third-order valence-corrected chi connectivity index (χ3v) is 6.04. The van der Waals surface area contributed by atoms with Crippen molar-refractivity contribution in [3.05, 3.63) is 48.0 Å². The Labute approximate surface area is 160 Å². The van der Waals surface area contributed by atoms with Gasteiger partial charge in [0.1, 0.15) is 0 Å². The van der Waals surface area contributed by atoms with Crippen molar-refractivity contribution in [3.8, 4) is 0 Å². The summed E-state index contributed by atoms with van der Waals surface area (Å²) in [6.07, 6.45) is 2.15. The number of carbonyl (C=O) groups is 1. The molecule has 0 radical (unpaired) electrons. The van der Waals surface area contributed by atoms with Gasteiger partial charge in [-0.25, -0.2) is 0 Å². The molecule has 2 aromatic rings. The third kappa shape index (κ3) is 4.22. The maximum atomic E-state index is 13.1. The second kappa shape index (κ2) is 8.89. The van der Waals surface area contributed by atoms with Crippen molar-refractivity contribution in [2.45, 2.75) is 19.0 Å². The second-order valence-corrected chi connectivity index (χ2v) is 7.97. The Hall–Kier alpha value is -1.56. The minimum Gasteiger partial charge on any atom is -0.336 e. The molecule has 0 aliphatic carbocycles. The highest BCUT2D eigenvalue weighted by Crippen LogP contribution is 2.21. The summed E-state index contributed by atoms with van der Waals surface area (Å²) in [7, 11) is 2.03. The Balaban J connectivity index is 1.69. The summed E-state index contributed by atoms with van der Waals surface area (Å²) in [4.78, 5) is 17.7. The topological polar surface area (TPSA) is 35.6 Å². The summed E-state index contributed by atoms with van der Waals surface area (Å²) in [5, 5.41) is 5.58. The van der Waals surface area contributed by atoms with Crippen LogP contribution in [0.5, 0.6) is 0 Å². The number of rotatable bonds is 6. The zero-order chi connectivity index (χ0) is 18.5. The third-order valence-electron chi connectivity index (χ3n) is 5.30. The molecule has 1 fully saturated rings. The van der Waals surface area contributed by atoms with E-state index < -0.39 is 0 Å². The average molecular weight is 372 g/mol. The van der Waals surface area contributed by atoms with E-state index in [4.69, 9.17) is 0 Å². The van der Waals surface area contributed by atoms with Crippen LogP contribution in [0.1, 0.15) is 17.3 Å². The summed E-state index contributed by atoms with van der Waals surface area (Å²) >= 11 is 1.87. The average Bonchev–Trinajstić information content (AvgIpc) is 2.68. The highest BCUT2D eigenvalue weighted by atomic mass is 32.2. The van der Waals surface area contributed by atoms with Gasteiger partial charge in [-0.15, -0.1) is 0 Å². The van der Waals surface area contributed by atoms with Crippen LogP contribution >= 0.6 is 11.8 Å². The fourth-order valence-electron chi connectivity index (χ4n) is 3.74. The summed E-state index contributed by atoms with van der Waals surface area (Å²) < 4.78 is 0. The Kier molecular flexibility index (Phi) is 6.57. The molecule has 0 aromatic heterocycles. The molecule has 2 atom stereocenters. The summed E-state index contributed by atoms with van der Waals surface area (Å²) in [5.41, 5.74) is 0.819. The van der Waals surface area contributed by atoms with Gasteiger partial charge in [-0.3, -0.25) is 9.69 Å². The fourth-order valence-corrected chi connectivity index (χ4v) is 4.42. The van der Waals surface area contributed by atoms with Gasteiger partial charge >= 0.3 is 0 Å². The molecule has 2 unspecified atom stereocenters. The number of hydrogen-bond acceptors (Lipinski definition) is 4. The molecule has 1 N–H and O–H groups in total. The van der Waals surface area contributed by atoms with Gasteiger partial charge in [-0.2, -0.15) is 11.8 Å². The zero-order valence-corrected chi connectivity index (χ0v) is 16.8. The van der Waals surface area contributed by atoms with Crippen LogP contribution in [0.2, 0.25) is 0 Å². The molecule has 0 bridgehead atoms. The molecule has 2 aromatic carbocycles. The van der Waals surface area contributed by atoms with Crippen LogP contribution < -0.4 is 5.32 Å². The van der Waals surface area contributed by atoms with E-state index in [1.54, 1.807) is 0 Å². The van der Waals surface area contributed by atoms with Crippen LogP contribution in [-0.4, -0.2) is 73.0 Å². The lowest BCUT2D eigenvalue weighted by Gasteiger charge is -2.41. The number of piperazine rings is 1. The molecule has 1 saturated heterocycles. The number of nitrogens with one attached hydrogen (secondary N) is 1. The van der Waals surface area contributed by atoms with Crippen molar-refractivity contribution in [3.63, 3.8) is 0 Å². The van der Waals surface area contributed by atoms with Crippen molar-refractivity contribution in [2.75, 3.05) is 45.2 Å². The lowest BCUT2D eigenvalue weighted by Crippen LogP contribution is -2.56. The van der Waals surface area contributed by atoms with Gasteiger partial charge in [-0.05, 0) is 37.1 Å². The predicted molar refractivity (Wildman–Crippen MR) is 112 cm³/mol. The number of likely N-dealkylation sites (N-methyl/N-ethyl adjacent to an activating group) is 1. The SMILES string of the molecule is CNC(CSC)CN1CCN(C(=O)c2cccc3ccccc23)CC1C. The van der Waals surface area contributed by atoms with E-state index >= 15 is 0 Å². The molecule has 4 nitrogen and oxygen atoms in total. The Morgan fingerprint density at radius 2 is 2.00 bits per heavy atom. The number of hydrogen-bond donors (Lipinski definition) is 1. The van der Waals surface area contributed by atoms with Crippen LogP contribution in [0.15, 0.2) is 42.5 Å². The summed E-state index contributed by atoms with van der Waals surface area (Å²) in [6.45, 7) is 5.78. The number of amides is 1. The predicted octanol–water partition coefficient (Wildman–Crippen LogP) is 2.94. The van der Waals surface area contributed by atoms with E-state index in [-0.39, 0.29) is 5.91 Å². The Bertz CT molecular complexity index is 746. The van der Waals surface area contributed by atoms with Gasteiger partial charge in [0.15, 0.2) is 0 Å². The maximum Gasteiger partial charge on any atom is 0.254 e. The molecular weight excluding hydrogens is 342 g/mol.